The molecule has 3 aromatic rings. The molecule has 0 unspecified atom stereocenters. The average molecular weight is 402 g/mol. The van der Waals surface area contributed by atoms with Gasteiger partial charge in [0.2, 0.25) is 0 Å². The first kappa shape index (κ1) is 18.9. The SMILES string of the molecule is O=C(NCc1ccccc1)c1ccccc1OS(=O)(=O)c1ccccc1Cl. The lowest BCUT2D eigenvalue weighted by Gasteiger charge is -2.12. The quantitative estimate of drug-likeness (QED) is 0.633. The Morgan fingerprint density at radius 1 is 0.889 bits per heavy atom. The van der Waals surface area contributed by atoms with Gasteiger partial charge in [-0.25, -0.2) is 0 Å². The van der Waals surface area contributed by atoms with E-state index in [9.17, 15) is 13.2 Å². The first-order valence-electron chi connectivity index (χ1n) is 8.07. The van der Waals surface area contributed by atoms with E-state index in [2.05, 4.69) is 5.32 Å². The first-order valence-corrected chi connectivity index (χ1v) is 9.86. The van der Waals surface area contributed by atoms with E-state index in [-0.39, 0.29) is 21.2 Å². The maximum absolute atomic E-state index is 12.5. The summed E-state index contributed by atoms with van der Waals surface area (Å²) in [7, 11) is -4.18. The molecule has 0 aliphatic rings. The van der Waals surface area contributed by atoms with Crippen molar-refractivity contribution in [3.63, 3.8) is 0 Å². The Balaban J connectivity index is 1.81. The molecule has 0 bridgehead atoms. The number of halogens is 1. The summed E-state index contributed by atoms with van der Waals surface area (Å²) in [6.45, 7) is 0.311. The zero-order chi connectivity index (χ0) is 19.3. The summed E-state index contributed by atoms with van der Waals surface area (Å²) >= 11 is 5.96. The Morgan fingerprint density at radius 3 is 2.26 bits per heavy atom. The lowest BCUT2D eigenvalue weighted by molar-refractivity contribution is 0.0949. The molecule has 0 aliphatic carbocycles. The normalized spacial score (nSPS) is 11.0. The van der Waals surface area contributed by atoms with Crippen LogP contribution < -0.4 is 9.50 Å². The molecule has 0 radical (unpaired) electrons. The molecule has 5 nitrogen and oxygen atoms in total. The summed E-state index contributed by atoms with van der Waals surface area (Å²) in [5.41, 5.74) is 1.04. The van der Waals surface area contributed by atoms with Crippen LogP contribution in [-0.2, 0) is 16.7 Å². The van der Waals surface area contributed by atoms with Crippen molar-refractivity contribution in [3.05, 3.63) is 95.0 Å². The molecule has 0 saturated heterocycles. The van der Waals surface area contributed by atoms with Gasteiger partial charge < -0.3 is 9.50 Å². The fourth-order valence-electron chi connectivity index (χ4n) is 2.41. The lowest BCUT2D eigenvalue weighted by atomic mass is 10.1. The van der Waals surface area contributed by atoms with Crippen LogP contribution in [-0.4, -0.2) is 14.3 Å². The molecule has 3 rings (SSSR count). The van der Waals surface area contributed by atoms with E-state index < -0.39 is 16.0 Å². The number of carbonyl (C=O) groups excluding carboxylic acids is 1. The molecule has 1 N–H and O–H groups in total. The van der Waals surface area contributed by atoms with Crippen molar-refractivity contribution < 1.29 is 17.4 Å². The molecule has 0 saturated carbocycles. The number of benzene rings is 3. The molecule has 0 heterocycles. The molecular formula is C20H16ClNO4S. The van der Waals surface area contributed by atoms with Gasteiger partial charge in [0.1, 0.15) is 4.90 Å². The number of nitrogens with one attached hydrogen (secondary N) is 1. The van der Waals surface area contributed by atoms with Crippen molar-refractivity contribution in [1.29, 1.82) is 0 Å². The second-order valence-corrected chi connectivity index (χ2v) is 7.55. The van der Waals surface area contributed by atoms with Crippen LogP contribution in [0.2, 0.25) is 5.02 Å². The van der Waals surface area contributed by atoms with Gasteiger partial charge in [-0.1, -0.05) is 66.2 Å². The van der Waals surface area contributed by atoms with Crippen LogP contribution >= 0.6 is 11.6 Å². The van der Waals surface area contributed by atoms with Gasteiger partial charge in [-0.05, 0) is 29.8 Å². The van der Waals surface area contributed by atoms with E-state index in [0.29, 0.717) is 6.54 Å². The molecule has 0 aromatic heterocycles. The lowest BCUT2D eigenvalue weighted by Crippen LogP contribution is -2.24. The van der Waals surface area contributed by atoms with Crippen LogP contribution in [0.5, 0.6) is 5.75 Å². The molecule has 7 heteroatoms. The Kier molecular flexibility index (Phi) is 5.78. The monoisotopic (exact) mass is 401 g/mol. The second kappa shape index (κ2) is 8.24. The molecule has 138 valence electrons. The van der Waals surface area contributed by atoms with E-state index in [4.69, 9.17) is 15.8 Å². The molecule has 3 aromatic carbocycles. The van der Waals surface area contributed by atoms with E-state index in [1.54, 1.807) is 24.3 Å². The Morgan fingerprint density at radius 2 is 1.52 bits per heavy atom. The fraction of sp³-hybridized carbons (Fsp3) is 0.0500. The highest BCUT2D eigenvalue weighted by Crippen LogP contribution is 2.27. The van der Waals surface area contributed by atoms with Crippen molar-refractivity contribution in [1.82, 2.24) is 5.32 Å². The van der Waals surface area contributed by atoms with Gasteiger partial charge in [0.25, 0.3) is 5.91 Å². The number of rotatable bonds is 6. The molecule has 1 amide bonds. The number of carbonyl (C=O) groups is 1. The maximum atomic E-state index is 12.5. The van der Waals surface area contributed by atoms with Crippen LogP contribution in [0.3, 0.4) is 0 Å². The van der Waals surface area contributed by atoms with E-state index in [1.807, 2.05) is 30.3 Å². The van der Waals surface area contributed by atoms with Gasteiger partial charge in [-0.3, -0.25) is 4.79 Å². The van der Waals surface area contributed by atoms with Gasteiger partial charge in [0.05, 0.1) is 10.6 Å². The molecular weight excluding hydrogens is 386 g/mol. The Bertz CT molecular complexity index is 1050. The number of hydrogen-bond donors (Lipinski definition) is 1. The number of amides is 1. The predicted molar refractivity (Wildman–Crippen MR) is 103 cm³/mol. The maximum Gasteiger partial charge on any atom is 0.340 e. The smallest absolute Gasteiger partial charge is 0.340 e. The highest BCUT2D eigenvalue weighted by molar-refractivity contribution is 7.87. The van der Waals surface area contributed by atoms with Crippen molar-refractivity contribution in [2.24, 2.45) is 0 Å². The Labute approximate surface area is 162 Å². The summed E-state index contributed by atoms with van der Waals surface area (Å²) in [5.74, 6) is -0.508. The standard InChI is InChI=1S/C20H16ClNO4S/c21-17-11-5-7-13-19(17)27(24,25)26-18-12-6-4-10-16(18)20(23)22-14-15-8-2-1-3-9-15/h1-13H,14H2,(H,22,23). The molecule has 0 fully saturated rings. The van der Waals surface area contributed by atoms with Gasteiger partial charge >= 0.3 is 10.1 Å². The Hall–Kier alpha value is -2.83. The fourth-order valence-corrected chi connectivity index (χ4v) is 3.85. The summed E-state index contributed by atoms with van der Waals surface area (Å²) in [6.07, 6.45) is 0. The highest BCUT2D eigenvalue weighted by Gasteiger charge is 2.23. The van der Waals surface area contributed by atoms with Crippen molar-refractivity contribution in [2.45, 2.75) is 11.4 Å². The third kappa shape index (κ3) is 4.67. The van der Waals surface area contributed by atoms with Crippen molar-refractivity contribution in [3.8, 4) is 5.75 Å². The first-order chi connectivity index (χ1) is 13.0. The van der Waals surface area contributed by atoms with Crippen molar-refractivity contribution in [2.75, 3.05) is 0 Å². The summed E-state index contributed by atoms with van der Waals surface area (Å²) < 4.78 is 30.3. The minimum absolute atomic E-state index is 0.0449. The average Bonchev–Trinajstić information content (AvgIpc) is 2.67. The van der Waals surface area contributed by atoms with Gasteiger partial charge in [-0.2, -0.15) is 8.42 Å². The minimum Gasteiger partial charge on any atom is -0.378 e. The summed E-state index contributed by atoms with van der Waals surface area (Å²) in [5, 5.41) is 2.80. The van der Waals surface area contributed by atoms with E-state index in [1.165, 1.54) is 24.3 Å². The van der Waals surface area contributed by atoms with Gasteiger partial charge in [-0.15, -0.1) is 0 Å². The number of para-hydroxylation sites is 1. The van der Waals surface area contributed by atoms with Gasteiger partial charge in [0, 0.05) is 6.54 Å². The van der Waals surface area contributed by atoms with Crippen molar-refractivity contribution >= 4 is 27.6 Å². The molecule has 0 atom stereocenters. The van der Waals surface area contributed by atoms with Gasteiger partial charge in [0.15, 0.2) is 5.75 Å². The minimum atomic E-state index is -4.18. The predicted octanol–water partition coefficient (Wildman–Crippen LogP) is 4.04. The van der Waals surface area contributed by atoms with Crippen LogP contribution in [0.1, 0.15) is 15.9 Å². The second-order valence-electron chi connectivity index (χ2n) is 5.63. The van der Waals surface area contributed by atoms with Crippen LogP contribution in [0, 0.1) is 0 Å². The zero-order valence-electron chi connectivity index (χ0n) is 14.1. The molecule has 27 heavy (non-hydrogen) atoms. The topological polar surface area (TPSA) is 72.5 Å². The molecule has 0 aliphatic heterocycles. The summed E-state index contributed by atoms with van der Waals surface area (Å²) in [6, 6.07) is 21.5. The largest absolute Gasteiger partial charge is 0.378 e. The van der Waals surface area contributed by atoms with Crippen LogP contribution in [0.25, 0.3) is 0 Å². The molecule has 0 spiro atoms. The third-order valence-corrected chi connectivity index (χ3v) is 5.47. The van der Waals surface area contributed by atoms with E-state index in [0.717, 1.165) is 5.56 Å². The zero-order valence-corrected chi connectivity index (χ0v) is 15.7. The highest BCUT2D eigenvalue weighted by atomic mass is 35.5. The van der Waals surface area contributed by atoms with Crippen LogP contribution in [0.4, 0.5) is 0 Å². The van der Waals surface area contributed by atoms with E-state index >= 15 is 0 Å². The number of hydrogen-bond acceptors (Lipinski definition) is 4. The summed E-state index contributed by atoms with van der Waals surface area (Å²) in [4.78, 5) is 12.4. The third-order valence-electron chi connectivity index (χ3n) is 3.73. The van der Waals surface area contributed by atoms with Crippen LogP contribution in [0.15, 0.2) is 83.8 Å².